The SMILES string of the molecule is O=C(NC(Cc1ccccc1)C(=O)Nc1ccc(S(=O)(=O)NC23CC(C2)C3)cc1)c1ccc(F)cn1. The number of anilines is 1. The molecule has 6 rings (SSSR count). The van der Waals surface area contributed by atoms with Crippen molar-refractivity contribution in [2.24, 2.45) is 5.92 Å². The van der Waals surface area contributed by atoms with Crippen molar-refractivity contribution in [3.05, 3.63) is 90.0 Å². The Balaban J connectivity index is 1.28. The Kier molecular flexibility index (Phi) is 6.31. The minimum atomic E-state index is -3.65. The summed E-state index contributed by atoms with van der Waals surface area (Å²) in [6.07, 6.45) is 3.81. The number of sulfonamides is 1. The molecule has 2 amide bonds. The van der Waals surface area contributed by atoms with Crippen molar-refractivity contribution in [1.82, 2.24) is 15.0 Å². The molecule has 1 atom stereocenters. The van der Waals surface area contributed by atoms with E-state index in [9.17, 15) is 22.4 Å². The predicted molar refractivity (Wildman–Crippen MR) is 131 cm³/mol. The third-order valence-electron chi connectivity index (χ3n) is 6.69. The van der Waals surface area contributed by atoms with Gasteiger partial charge in [-0.05, 0) is 67.1 Å². The summed E-state index contributed by atoms with van der Waals surface area (Å²) >= 11 is 0. The van der Waals surface area contributed by atoms with Gasteiger partial charge in [-0.1, -0.05) is 30.3 Å². The van der Waals surface area contributed by atoms with Crippen LogP contribution in [0.5, 0.6) is 0 Å². The second kappa shape index (κ2) is 9.44. The van der Waals surface area contributed by atoms with E-state index in [-0.39, 0.29) is 22.5 Å². The fourth-order valence-corrected chi connectivity index (χ4v) is 6.13. The number of halogens is 1. The molecular weight excluding hydrogens is 483 g/mol. The topological polar surface area (TPSA) is 117 Å². The number of nitrogens with one attached hydrogen (secondary N) is 3. The second-order valence-corrected chi connectivity index (χ2v) is 11.1. The van der Waals surface area contributed by atoms with Crippen LogP contribution >= 0.6 is 0 Å². The van der Waals surface area contributed by atoms with Gasteiger partial charge in [-0.15, -0.1) is 0 Å². The standard InChI is InChI=1S/C26H25FN4O4S/c27-19-6-11-22(28-16-19)24(32)30-23(12-17-4-2-1-3-5-17)25(33)29-20-7-9-21(10-8-20)36(34,35)31-26-13-18(14-26)15-26/h1-11,16,18,23,31H,12-15H2,(H,29,33)(H,30,32). The number of carbonyl (C=O) groups excluding carboxylic acids is 2. The van der Waals surface area contributed by atoms with Crippen molar-refractivity contribution in [2.75, 3.05) is 5.32 Å². The summed E-state index contributed by atoms with van der Waals surface area (Å²) in [5, 5.41) is 5.39. The lowest BCUT2D eigenvalue weighted by molar-refractivity contribution is -0.118. The molecular formula is C26H25FN4O4S. The number of amides is 2. The van der Waals surface area contributed by atoms with Crippen LogP contribution in [0.3, 0.4) is 0 Å². The molecule has 10 heteroatoms. The molecule has 0 spiro atoms. The number of benzene rings is 2. The number of hydrogen-bond acceptors (Lipinski definition) is 5. The second-order valence-electron chi connectivity index (χ2n) is 9.46. The van der Waals surface area contributed by atoms with Crippen LogP contribution in [0.2, 0.25) is 0 Å². The number of carbonyl (C=O) groups is 2. The molecule has 0 aliphatic heterocycles. The van der Waals surface area contributed by atoms with Gasteiger partial charge in [0.15, 0.2) is 0 Å². The minimum Gasteiger partial charge on any atom is -0.339 e. The van der Waals surface area contributed by atoms with Gasteiger partial charge in [-0.25, -0.2) is 22.5 Å². The van der Waals surface area contributed by atoms with Crippen LogP contribution in [-0.4, -0.2) is 36.8 Å². The van der Waals surface area contributed by atoms with E-state index in [0.717, 1.165) is 37.1 Å². The van der Waals surface area contributed by atoms with Gasteiger partial charge in [-0.3, -0.25) is 9.59 Å². The van der Waals surface area contributed by atoms with Crippen molar-refractivity contribution in [3.8, 4) is 0 Å². The van der Waals surface area contributed by atoms with Crippen LogP contribution in [0.25, 0.3) is 0 Å². The minimum absolute atomic E-state index is 0.0203. The largest absolute Gasteiger partial charge is 0.339 e. The quantitative estimate of drug-likeness (QED) is 0.411. The van der Waals surface area contributed by atoms with Gasteiger partial charge in [0.25, 0.3) is 5.91 Å². The van der Waals surface area contributed by atoms with Crippen LogP contribution in [0.4, 0.5) is 10.1 Å². The number of hydrogen-bond donors (Lipinski definition) is 3. The van der Waals surface area contributed by atoms with Gasteiger partial charge >= 0.3 is 0 Å². The Labute approximate surface area is 208 Å². The highest BCUT2D eigenvalue weighted by Gasteiger charge is 2.58. The molecule has 2 aromatic carbocycles. The molecule has 3 fully saturated rings. The molecule has 1 aromatic heterocycles. The molecule has 1 unspecified atom stereocenters. The first-order valence-corrected chi connectivity index (χ1v) is 13.1. The summed E-state index contributed by atoms with van der Waals surface area (Å²) < 4.78 is 41.4. The van der Waals surface area contributed by atoms with Crippen molar-refractivity contribution in [3.63, 3.8) is 0 Å². The molecule has 2 bridgehead atoms. The highest BCUT2D eigenvalue weighted by molar-refractivity contribution is 7.89. The Morgan fingerprint density at radius 3 is 2.28 bits per heavy atom. The van der Waals surface area contributed by atoms with Gasteiger partial charge in [0.2, 0.25) is 15.9 Å². The maximum atomic E-state index is 13.2. The van der Waals surface area contributed by atoms with E-state index in [1.807, 2.05) is 30.3 Å². The van der Waals surface area contributed by atoms with Gasteiger partial charge < -0.3 is 10.6 Å². The predicted octanol–water partition coefficient (Wildman–Crippen LogP) is 3.03. The highest BCUT2D eigenvalue weighted by Crippen LogP contribution is 2.57. The molecule has 36 heavy (non-hydrogen) atoms. The van der Waals surface area contributed by atoms with Crippen LogP contribution < -0.4 is 15.4 Å². The molecule has 3 aliphatic rings. The lowest BCUT2D eigenvalue weighted by Crippen LogP contribution is -2.67. The number of nitrogens with zero attached hydrogens (tertiary/aromatic N) is 1. The van der Waals surface area contributed by atoms with Crippen LogP contribution in [0.15, 0.2) is 77.8 Å². The maximum absolute atomic E-state index is 13.2. The first kappa shape index (κ1) is 24.1. The van der Waals surface area contributed by atoms with Crippen molar-refractivity contribution in [1.29, 1.82) is 0 Å². The van der Waals surface area contributed by atoms with Crippen LogP contribution in [0.1, 0.15) is 35.3 Å². The zero-order valence-corrected chi connectivity index (χ0v) is 20.1. The third-order valence-corrected chi connectivity index (χ3v) is 8.28. The molecule has 3 saturated carbocycles. The zero-order chi connectivity index (χ0) is 25.3. The third kappa shape index (κ3) is 5.14. The number of pyridine rings is 1. The Hall–Kier alpha value is -3.63. The average Bonchev–Trinajstić information content (AvgIpc) is 2.82. The van der Waals surface area contributed by atoms with Crippen molar-refractivity contribution in [2.45, 2.75) is 42.2 Å². The first-order chi connectivity index (χ1) is 17.2. The summed E-state index contributed by atoms with van der Waals surface area (Å²) in [7, 11) is -3.65. The van der Waals surface area contributed by atoms with Gasteiger partial charge in [0, 0.05) is 17.6 Å². The number of aromatic nitrogens is 1. The molecule has 0 saturated heterocycles. The van der Waals surface area contributed by atoms with E-state index in [1.165, 1.54) is 30.3 Å². The summed E-state index contributed by atoms with van der Waals surface area (Å²) in [5.41, 5.74) is 0.911. The van der Waals surface area contributed by atoms with E-state index in [2.05, 4.69) is 20.3 Å². The lowest BCUT2D eigenvalue weighted by Gasteiger charge is -2.61. The smallest absolute Gasteiger partial charge is 0.270 e. The average molecular weight is 509 g/mol. The molecule has 3 N–H and O–H groups in total. The first-order valence-electron chi connectivity index (χ1n) is 11.6. The molecule has 8 nitrogen and oxygen atoms in total. The molecule has 1 heterocycles. The van der Waals surface area contributed by atoms with E-state index < -0.39 is 33.7 Å². The van der Waals surface area contributed by atoms with Crippen molar-refractivity contribution < 1.29 is 22.4 Å². The Morgan fingerprint density at radius 2 is 1.69 bits per heavy atom. The normalized spacial score (nSPS) is 21.0. The van der Waals surface area contributed by atoms with Crippen LogP contribution in [0, 0.1) is 11.7 Å². The summed E-state index contributed by atoms with van der Waals surface area (Å²) in [6, 6.07) is 16.5. The fourth-order valence-electron chi connectivity index (χ4n) is 4.70. The Bertz CT molecular complexity index is 1360. The van der Waals surface area contributed by atoms with Gasteiger partial charge in [-0.2, -0.15) is 0 Å². The lowest BCUT2D eigenvalue weighted by atomic mass is 9.50. The fraction of sp³-hybridized carbons (Fsp3) is 0.269. The van der Waals surface area contributed by atoms with E-state index in [0.29, 0.717) is 11.6 Å². The van der Waals surface area contributed by atoms with Gasteiger partial charge in [0.1, 0.15) is 17.6 Å². The molecule has 3 aliphatic carbocycles. The Morgan fingerprint density at radius 1 is 1.00 bits per heavy atom. The number of rotatable bonds is 9. The maximum Gasteiger partial charge on any atom is 0.270 e. The molecule has 0 radical (unpaired) electrons. The van der Waals surface area contributed by atoms with E-state index >= 15 is 0 Å². The van der Waals surface area contributed by atoms with Gasteiger partial charge in [0.05, 0.1) is 11.1 Å². The molecule has 186 valence electrons. The van der Waals surface area contributed by atoms with Crippen LogP contribution in [-0.2, 0) is 21.2 Å². The summed E-state index contributed by atoms with van der Waals surface area (Å²) in [4.78, 5) is 29.7. The van der Waals surface area contributed by atoms with E-state index in [4.69, 9.17) is 0 Å². The highest BCUT2D eigenvalue weighted by atomic mass is 32.2. The van der Waals surface area contributed by atoms with E-state index in [1.54, 1.807) is 0 Å². The molecule has 3 aromatic rings. The summed E-state index contributed by atoms with van der Waals surface area (Å²) in [5.74, 6) is -1.03. The summed E-state index contributed by atoms with van der Waals surface area (Å²) in [6.45, 7) is 0. The zero-order valence-electron chi connectivity index (χ0n) is 19.3. The van der Waals surface area contributed by atoms with Crippen molar-refractivity contribution >= 4 is 27.5 Å². The monoisotopic (exact) mass is 508 g/mol.